The summed E-state index contributed by atoms with van der Waals surface area (Å²) in [5, 5.41) is 7.79. The van der Waals surface area contributed by atoms with Crippen LogP contribution in [0, 0.1) is 12.8 Å². The van der Waals surface area contributed by atoms with Crippen molar-refractivity contribution in [1.29, 1.82) is 0 Å². The van der Waals surface area contributed by atoms with Crippen LogP contribution >= 0.6 is 0 Å². The minimum atomic E-state index is 0.837. The Morgan fingerprint density at radius 1 is 1.41 bits per heavy atom. The molecule has 17 heavy (non-hydrogen) atoms. The van der Waals surface area contributed by atoms with Crippen molar-refractivity contribution in [2.24, 2.45) is 13.0 Å². The Bertz CT molecular complexity index is 423. The highest BCUT2D eigenvalue weighted by atomic mass is 15.3. The first-order valence-corrected chi connectivity index (χ1v) is 6.63. The molecule has 1 saturated carbocycles. The van der Waals surface area contributed by atoms with Gasteiger partial charge in [0, 0.05) is 38.8 Å². The predicted molar refractivity (Wildman–Crippen MR) is 69.0 cm³/mol. The topological polar surface area (TPSA) is 33.1 Å². The Hall–Kier alpha value is -1.03. The Morgan fingerprint density at radius 2 is 2.24 bits per heavy atom. The molecule has 1 aliphatic heterocycles. The largest absolute Gasteiger partial charge is 0.373 e. The summed E-state index contributed by atoms with van der Waals surface area (Å²) < 4.78 is 1.96. The van der Waals surface area contributed by atoms with Crippen molar-refractivity contribution >= 4 is 5.82 Å². The number of anilines is 1. The van der Waals surface area contributed by atoms with Crippen LogP contribution in [0.5, 0.6) is 0 Å². The molecule has 2 aliphatic rings. The second kappa shape index (κ2) is 4.02. The molecule has 3 rings (SSSR count). The Labute approximate surface area is 103 Å². The summed E-state index contributed by atoms with van der Waals surface area (Å²) in [4.78, 5) is 2.65. The van der Waals surface area contributed by atoms with Crippen LogP contribution in [-0.2, 0) is 13.6 Å². The molecule has 1 N–H and O–H groups in total. The molecule has 2 atom stereocenters. The smallest absolute Gasteiger partial charge is 0.128 e. The number of hydrogen-bond donors (Lipinski definition) is 1. The van der Waals surface area contributed by atoms with Gasteiger partial charge in [-0.1, -0.05) is 0 Å². The fourth-order valence-electron chi connectivity index (χ4n) is 3.63. The van der Waals surface area contributed by atoms with E-state index in [9.17, 15) is 0 Å². The molecule has 0 aromatic carbocycles. The van der Waals surface area contributed by atoms with E-state index in [0.717, 1.165) is 18.5 Å². The highest BCUT2D eigenvalue weighted by molar-refractivity contribution is 5.47. The van der Waals surface area contributed by atoms with Crippen LogP contribution in [0.25, 0.3) is 0 Å². The minimum Gasteiger partial charge on any atom is -0.373 e. The monoisotopic (exact) mass is 234 g/mol. The lowest BCUT2D eigenvalue weighted by atomic mass is 10.1. The number of piperidine rings is 1. The van der Waals surface area contributed by atoms with Crippen molar-refractivity contribution in [3.05, 3.63) is 11.3 Å². The summed E-state index contributed by atoms with van der Waals surface area (Å²) in [6, 6.07) is 0.837. The second-order valence-electron chi connectivity index (χ2n) is 5.55. The Morgan fingerprint density at radius 3 is 2.82 bits per heavy atom. The molecule has 2 unspecified atom stereocenters. The van der Waals surface area contributed by atoms with E-state index < -0.39 is 0 Å². The first-order chi connectivity index (χ1) is 8.19. The molecule has 94 valence electrons. The van der Waals surface area contributed by atoms with E-state index >= 15 is 0 Å². The number of hydrogen-bond acceptors (Lipinski definition) is 3. The van der Waals surface area contributed by atoms with Gasteiger partial charge in [0.2, 0.25) is 0 Å². The lowest BCUT2D eigenvalue weighted by molar-refractivity contribution is 0.205. The van der Waals surface area contributed by atoms with E-state index in [4.69, 9.17) is 0 Å². The van der Waals surface area contributed by atoms with Crippen molar-refractivity contribution < 1.29 is 0 Å². The van der Waals surface area contributed by atoms with Gasteiger partial charge in [-0.15, -0.1) is 0 Å². The predicted octanol–water partition coefficient (Wildman–Crippen LogP) is 1.75. The molecule has 0 amide bonds. The van der Waals surface area contributed by atoms with Crippen LogP contribution in [-0.4, -0.2) is 34.3 Å². The molecule has 1 saturated heterocycles. The standard InChI is InChI=1S/C13H22N4/c1-9-12(13(14-2)16(3)15-9)8-17-7-10-4-5-11(17)6-10/h10-11,14H,4-8H2,1-3H3. The zero-order chi connectivity index (χ0) is 12.0. The van der Waals surface area contributed by atoms with Crippen molar-refractivity contribution in [2.45, 2.75) is 38.8 Å². The van der Waals surface area contributed by atoms with Crippen LogP contribution in [0.1, 0.15) is 30.5 Å². The van der Waals surface area contributed by atoms with Crippen molar-refractivity contribution in [2.75, 3.05) is 18.9 Å². The number of aryl methyl sites for hydroxylation is 2. The van der Waals surface area contributed by atoms with E-state index in [1.807, 2.05) is 18.8 Å². The molecule has 4 nitrogen and oxygen atoms in total. The molecular formula is C13H22N4. The molecule has 1 aromatic heterocycles. The summed E-state index contributed by atoms with van der Waals surface area (Å²) in [6.07, 6.45) is 4.28. The maximum atomic E-state index is 4.51. The molecule has 2 bridgehead atoms. The number of nitrogens with one attached hydrogen (secondary N) is 1. The van der Waals surface area contributed by atoms with Gasteiger partial charge >= 0.3 is 0 Å². The summed E-state index contributed by atoms with van der Waals surface area (Å²) in [5.41, 5.74) is 2.54. The van der Waals surface area contributed by atoms with Gasteiger partial charge in [0.15, 0.2) is 0 Å². The fraction of sp³-hybridized carbons (Fsp3) is 0.769. The third-order valence-electron chi connectivity index (χ3n) is 4.47. The number of rotatable bonds is 3. The second-order valence-corrected chi connectivity index (χ2v) is 5.55. The first kappa shape index (κ1) is 11.1. The Kier molecular flexibility index (Phi) is 2.62. The summed E-state index contributed by atoms with van der Waals surface area (Å²) in [7, 11) is 3.99. The molecule has 0 radical (unpaired) electrons. The minimum absolute atomic E-state index is 0.837. The fourth-order valence-corrected chi connectivity index (χ4v) is 3.63. The normalized spacial score (nSPS) is 27.9. The average molecular weight is 234 g/mol. The summed E-state index contributed by atoms with van der Waals surface area (Å²) in [5.74, 6) is 2.14. The van der Waals surface area contributed by atoms with Crippen LogP contribution in [0.3, 0.4) is 0 Å². The maximum Gasteiger partial charge on any atom is 0.128 e. The van der Waals surface area contributed by atoms with E-state index in [1.165, 1.54) is 42.9 Å². The summed E-state index contributed by atoms with van der Waals surface area (Å²) in [6.45, 7) is 4.48. The van der Waals surface area contributed by atoms with E-state index in [2.05, 4.69) is 22.2 Å². The average Bonchev–Trinajstić information content (AvgIpc) is 2.95. The van der Waals surface area contributed by atoms with E-state index in [-0.39, 0.29) is 0 Å². The van der Waals surface area contributed by atoms with Gasteiger partial charge in [0.25, 0.3) is 0 Å². The van der Waals surface area contributed by atoms with Crippen LogP contribution < -0.4 is 5.32 Å². The molecule has 1 aromatic rings. The van der Waals surface area contributed by atoms with E-state index in [0.29, 0.717) is 0 Å². The van der Waals surface area contributed by atoms with Crippen molar-refractivity contribution in [3.63, 3.8) is 0 Å². The van der Waals surface area contributed by atoms with Crippen LogP contribution in [0.4, 0.5) is 5.82 Å². The van der Waals surface area contributed by atoms with Gasteiger partial charge in [0.1, 0.15) is 5.82 Å². The number of nitrogens with zero attached hydrogens (tertiary/aromatic N) is 3. The van der Waals surface area contributed by atoms with Gasteiger partial charge in [-0.3, -0.25) is 9.58 Å². The molecule has 2 fully saturated rings. The Balaban J connectivity index is 1.81. The zero-order valence-corrected chi connectivity index (χ0v) is 11.0. The highest BCUT2D eigenvalue weighted by Crippen LogP contribution is 2.38. The first-order valence-electron chi connectivity index (χ1n) is 6.63. The summed E-state index contributed by atoms with van der Waals surface area (Å²) >= 11 is 0. The zero-order valence-electron chi connectivity index (χ0n) is 11.0. The lowest BCUT2D eigenvalue weighted by Gasteiger charge is -2.26. The SMILES string of the molecule is CNc1c(CN2CC3CCC2C3)c(C)nn1C. The van der Waals surface area contributed by atoms with Gasteiger partial charge in [-0.25, -0.2) is 0 Å². The van der Waals surface area contributed by atoms with Crippen molar-refractivity contribution in [1.82, 2.24) is 14.7 Å². The number of likely N-dealkylation sites (tertiary alicyclic amines) is 1. The molecule has 0 spiro atoms. The van der Waals surface area contributed by atoms with Crippen LogP contribution in [0.2, 0.25) is 0 Å². The quantitative estimate of drug-likeness (QED) is 0.865. The van der Waals surface area contributed by atoms with Gasteiger partial charge in [-0.2, -0.15) is 5.10 Å². The lowest BCUT2D eigenvalue weighted by Crippen LogP contribution is -2.31. The number of aromatic nitrogens is 2. The number of fused-ring (bicyclic) bond motifs is 2. The van der Waals surface area contributed by atoms with Crippen LogP contribution in [0.15, 0.2) is 0 Å². The molecule has 4 heteroatoms. The third-order valence-corrected chi connectivity index (χ3v) is 4.47. The van der Waals surface area contributed by atoms with E-state index in [1.54, 1.807) is 0 Å². The van der Waals surface area contributed by atoms with Gasteiger partial charge in [0.05, 0.1) is 5.69 Å². The highest BCUT2D eigenvalue weighted by Gasteiger charge is 2.38. The molecule has 1 aliphatic carbocycles. The maximum absolute atomic E-state index is 4.51. The van der Waals surface area contributed by atoms with Gasteiger partial charge < -0.3 is 5.32 Å². The van der Waals surface area contributed by atoms with Crippen molar-refractivity contribution in [3.8, 4) is 0 Å². The third kappa shape index (κ3) is 1.75. The molecular weight excluding hydrogens is 212 g/mol. The molecule has 2 heterocycles. The van der Waals surface area contributed by atoms with Gasteiger partial charge in [-0.05, 0) is 32.1 Å².